The van der Waals surface area contributed by atoms with Crippen LogP contribution in [0.15, 0.2) is 59.2 Å². The summed E-state index contributed by atoms with van der Waals surface area (Å²) in [5, 5.41) is 9.83. The normalized spacial score (nSPS) is 13.4. The first-order valence-electron chi connectivity index (χ1n) is 9.73. The first-order chi connectivity index (χ1) is 15.0. The summed E-state index contributed by atoms with van der Waals surface area (Å²) in [6.45, 7) is 1.65. The molecule has 0 saturated carbocycles. The zero-order chi connectivity index (χ0) is 22.2. The number of nitrogens with one attached hydrogen (secondary N) is 3. The quantitative estimate of drug-likeness (QED) is 0.443. The molecular formula is C22H22N4O5. The summed E-state index contributed by atoms with van der Waals surface area (Å²) in [6.07, 6.45) is 1.23. The molecule has 0 fully saturated rings. The fourth-order valence-corrected chi connectivity index (χ4v) is 3.01. The summed E-state index contributed by atoms with van der Waals surface area (Å²) < 4.78 is 4.72. The molecule has 3 rings (SSSR count). The van der Waals surface area contributed by atoms with Crippen LogP contribution >= 0.6 is 0 Å². The zero-order valence-corrected chi connectivity index (χ0v) is 16.9. The van der Waals surface area contributed by atoms with Crippen LogP contribution < -0.4 is 16.0 Å². The van der Waals surface area contributed by atoms with Crippen molar-refractivity contribution in [1.29, 1.82) is 0 Å². The SMILES string of the molecule is CCOC(=O)CNC(=O)C1=NC(=O)C(C(=O)NCc2cccc3ccccc23)=CNC1. The van der Waals surface area contributed by atoms with Crippen LogP contribution in [-0.2, 0) is 30.5 Å². The molecule has 0 spiro atoms. The Kier molecular flexibility index (Phi) is 7.10. The molecule has 2 aromatic carbocycles. The molecule has 0 aromatic heterocycles. The van der Waals surface area contributed by atoms with E-state index in [1.165, 1.54) is 6.20 Å². The molecule has 0 radical (unpaired) electrons. The Morgan fingerprint density at radius 3 is 2.65 bits per heavy atom. The third-order valence-electron chi connectivity index (χ3n) is 4.51. The maximum absolute atomic E-state index is 12.6. The van der Waals surface area contributed by atoms with Gasteiger partial charge in [-0.2, -0.15) is 0 Å². The Bertz CT molecular complexity index is 1090. The smallest absolute Gasteiger partial charge is 0.325 e. The molecule has 1 aliphatic rings. The van der Waals surface area contributed by atoms with Crippen molar-refractivity contribution in [2.24, 2.45) is 4.99 Å². The first-order valence-corrected chi connectivity index (χ1v) is 9.73. The predicted octanol–water partition coefficient (Wildman–Crippen LogP) is 0.590. The highest BCUT2D eigenvalue weighted by molar-refractivity contribution is 6.42. The number of carbonyl (C=O) groups is 4. The third-order valence-corrected chi connectivity index (χ3v) is 4.51. The van der Waals surface area contributed by atoms with Crippen LogP contribution in [0.2, 0.25) is 0 Å². The fourth-order valence-electron chi connectivity index (χ4n) is 3.01. The maximum Gasteiger partial charge on any atom is 0.325 e. The summed E-state index contributed by atoms with van der Waals surface area (Å²) >= 11 is 0. The summed E-state index contributed by atoms with van der Waals surface area (Å²) in [5.41, 5.74) is 0.555. The Balaban J connectivity index is 1.63. The Labute approximate surface area is 178 Å². The van der Waals surface area contributed by atoms with E-state index in [1.54, 1.807) is 6.92 Å². The second kappa shape index (κ2) is 10.1. The van der Waals surface area contributed by atoms with Crippen molar-refractivity contribution in [2.75, 3.05) is 19.7 Å². The lowest BCUT2D eigenvalue weighted by Gasteiger charge is -2.09. The number of aliphatic imine (C=N–C) groups is 1. The van der Waals surface area contributed by atoms with Crippen LogP contribution in [0.1, 0.15) is 12.5 Å². The highest BCUT2D eigenvalue weighted by atomic mass is 16.5. The summed E-state index contributed by atoms with van der Waals surface area (Å²) in [5.74, 6) is -2.75. The van der Waals surface area contributed by atoms with E-state index in [1.807, 2.05) is 42.5 Å². The van der Waals surface area contributed by atoms with E-state index in [-0.39, 0.29) is 37.5 Å². The Morgan fingerprint density at radius 2 is 1.84 bits per heavy atom. The van der Waals surface area contributed by atoms with Gasteiger partial charge in [-0.3, -0.25) is 19.2 Å². The molecule has 0 unspecified atom stereocenters. The third kappa shape index (κ3) is 5.53. The number of carbonyl (C=O) groups excluding carboxylic acids is 4. The molecule has 9 nitrogen and oxygen atoms in total. The van der Waals surface area contributed by atoms with Crippen molar-refractivity contribution in [3.63, 3.8) is 0 Å². The van der Waals surface area contributed by atoms with Crippen molar-refractivity contribution in [3.05, 3.63) is 59.8 Å². The van der Waals surface area contributed by atoms with E-state index in [0.29, 0.717) is 0 Å². The van der Waals surface area contributed by atoms with Crippen LogP contribution in [-0.4, -0.2) is 49.1 Å². The van der Waals surface area contributed by atoms with E-state index in [2.05, 4.69) is 20.9 Å². The van der Waals surface area contributed by atoms with Crippen molar-refractivity contribution in [1.82, 2.24) is 16.0 Å². The first kappa shape index (κ1) is 21.7. The summed E-state index contributed by atoms with van der Waals surface area (Å²) in [6, 6.07) is 13.6. The standard InChI is InChI=1S/C22H22N4O5/c1-2-31-19(27)13-25-22(30)18-12-23-11-17(21(29)26-18)20(28)24-10-15-8-5-7-14-6-3-4-9-16(14)15/h3-9,11,23H,2,10,12-13H2,1H3,(H,24,28)(H,25,30). The lowest BCUT2D eigenvalue weighted by molar-refractivity contribution is -0.143. The summed E-state index contributed by atoms with van der Waals surface area (Å²) in [7, 11) is 0. The van der Waals surface area contributed by atoms with E-state index in [4.69, 9.17) is 4.74 Å². The van der Waals surface area contributed by atoms with Crippen LogP contribution in [0, 0.1) is 0 Å². The molecule has 3 amide bonds. The highest BCUT2D eigenvalue weighted by Gasteiger charge is 2.23. The van der Waals surface area contributed by atoms with Crippen molar-refractivity contribution in [2.45, 2.75) is 13.5 Å². The van der Waals surface area contributed by atoms with Gasteiger partial charge in [-0.1, -0.05) is 42.5 Å². The molecule has 160 valence electrons. The van der Waals surface area contributed by atoms with Crippen LogP contribution in [0.5, 0.6) is 0 Å². The fraction of sp³-hybridized carbons (Fsp3) is 0.227. The minimum Gasteiger partial charge on any atom is -0.465 e. The number of amides is 3. The largest absolute Gasteiger partial charge is 0.465 e. The number of nitrogens with zero attached hydrogens (tertiary/aromatic N) is 1. The van der Waals surface area contributed by atoms with Gasteiger partial charge >= 0.3 is 5.97 Å². The molecule has 9 heteroatoms. The van der Waals surface area contributed by atoms with Gasteiger partial charge in [-0.05, 0) is 23.3 Å². The van der Waals surface area contributed by atoms with Crippen molar-refractivity contribution >= 4 is 40.2 Å². The Morgan fingerprint density at radius 1 is 1.06 bits per heavy atom. The number of esters is 1. The predicted molar refractivity (Wildman–Crippen MR) is 114 cm³/mol. The van der Waals surface area contributed by atoms with E-state index < -0.39 is 23.7 Å². The van der Waals surface area contributed by atoms with Gasteiger partial charge in [0, 0.05) is 12.7 Å². The molecule has 0 aliphatic carbocycles. The maximum atomic E-state index is 12.6. The van der Waals surface area contributed by atoms with Gasteiger partial charge in [0.25, 0.3) is 17.7 Å². The van der Waals surface area contributed by atoms with Crippen LogP contribution in [0.3, 0.4) is 0 Å². The molecule has 3 N–H and O–H groups in total. The molecule has 2 aromatic rings. The average Bonchev–Trinajstić information content (AvgIpc) is 2.97. The molecule has 1 aliphatic heterocycles. The number of ether oxygens (including phenoxy) is 1. The second-order valence-corrected chi connectivity index (χ2v) is 6.61. The molecule has 0 bridgehead atoms. The zero-order valence-electron chi connectivity index (χ0n) is 16.9. The van der Waals surface area contributed by atoms with Crippen molar-refractivity contribution in [3.8, 4) is 0 Å². The molecule has 31 heavy (non-hydrogen) atoms. The van der Waals surface area contributed by atoms with E-state index in [9.17, 15) is 19.2 Å². The molecule has 0 saturated heterocycles. The Hall–Kier alpha value is -4.01. The van der Waals surface area contributed by atoms with Crippen LogP contribution in [0.4, 0.5) is 0 Å². The van der Waals surface area contributed by atoms with Gasteiger partial charge in [0.1, 0.15) is 17.8 Å². The topological polar surface area (TPSA) is 126 Å². The summed E-state index contributed by atoms with van der Waals surface area (Å²) in [4.78, 5) is 52.2. The minimum atomic E-state index is -0.846. The number of rotatable bonds is 7. The molecule has 0 atom stereocenters. The van der Waals surface area contributed by atoms with Gasteiger partial charge in [0.2, 0.25) is 0 Å². The van der Waals surface area contributed by atoms with E-state index >= 15 is 0 Å². The van der Waals surface area contributed by atoms with Gasteiger partial charge in [-0.25, -0.2) is 4.99 Å². The highest BCUT2D eigenvalue weighted by Crippen LogP contribution is 2.18. The number of benzene rings is 2. The van der Waals surface area contributed by atoms with Gasteiger partial charge in [-0.15, -0.1) is 0 Å². The van der Waals surface area contributed by atoms with Crippen LogP contribution in [0.25, 0.3) is 10.8 Å². The van der Waals surface area contributed by atoms with Crippen molar-refractivity contribution < 1.29 is 23.9 Å². The van der Waals surface area contributed by atoms with Gasteiger partial charge in [0.15, 0.2) is 0 Å². The minimum absolute atomic E-state index is 0.0689. The van der Waals surface area contributed by atoms with Gasteiger partial charge < -0.3 is 20.7 Å². The lowest BCUT2D eigenvalue weighted by Crippen LogP contribution is -2.39. The van der Waals surface area contributed by atoms with Gasteiger partial charge in [0.05, 0.1) is 13.2 Å². The van der Waals surface area contributed by atoms with E-state index in [0.717, 1.165) is 16.3 Å². The monoisotopic (exact) mass is 422 g/mol. The molecular weight excluding hydrogens is 400 g/mol. The lowest BCUT2D eigenvalue weighted by atomic mass is 10.0. The average molecular weight is 422 g/mol. The number of hydrogen-bond donors (Lipinski definition) is 3. The molecule has 1 heterocycles. The second-order valence-electron chi connectivity index (χ2n) is 6.61. The number of hydrogen-bond acceptors (Lipinski definition) is 6. The number of fused-ring (bicyclic) bond motifs is 1.